The van der Waals surface area contributed by atoms with Crippen molar-refractivity contribution < 1.29 is 24.5 Å². The van der Waals surface area contributed by atoms with Crippen molar-refractivity contribution >= 4 is 28.5 Å². The summed E-state index contributed by atoms with van der Waals surface area (Å²) in [6, 6.07) is 12.5. The van der Waals surface area contributed by atoms with Crippen molar-refractivity contribution in [2.24, 2.45) is 0 Å². The number of nitrogens with one attached hydrogen (secondary N) is 1. The van der Waals surface area contributed by atoms with Crippen LogP contribution in [0.3, 0.4) is 0 Å². The Morgan fingerprint density at radius 1 is 1.09 bits per heavy atom. The number of fused-ring (bicyclic) bond motifs is 1. The number of amides is 1. The number of pyridine rings is 1. The molecule has 1 aromatic heterocycles. The molecule has 3 aromatic rings. The second-order valence-electron chi connectivity index (χ2n) is 7.07. The number of allylic oxidation sites excluding steroid dienone is 2. The molecule has 0 aliphatic heterocycles. The van der Waals surface area contributed by atoms with Crippen LogP contribution in [0.15, 0.2) is 73.5 Å². The van der Waals surface area contributed by atoms with Crippen molar-refractivity contribution in [1.82, 2.24) is 4.98 Å². The number of carboxylic acid groups (broad SMARTS) is 1. The molecule has 32 heavy (non-hydrogen) atoms. The molecule has 0 aliphatic rings. The number of ether oxygens (including phenoxy) is 1. The van der Waals surface area contributed by atoms with Crippen molar-refractivity contribution in [2.75, 3.05) is 5.32 Å². The van der Waals surface area contributed by atoms with Gasteiger partial charge in [0.15, 0.2) is 5.69 Å². The Bertz CT molecular complexity index is 1150. The predicted molar refractivity (Wildman–Crippen MR) is 123 cm³/mol. The highest BCUT2D eigenvalue weighted by Crippen LogP contribution is 2.29. The van der Waals surface area contributed by atoms with Crippen LogP contribution in [0.5, 0.6) is 11.5 Å². The van der Waals surface area contributed by atoms with Crippen LogP contribution in [0, 0.1) is 0 Å². The third-order valence-electron chi connectivity index (χ3n) is 4.73. The zero-order chi connectivity index (χ0) is 22.9. The highest BCUT2D eigenvalue weighted by Gasteiger charge is 2.15. The summed E-state index contributed by atoms with van der Waals surface area (Å²) >= 11 is 0. The van der Waals surface area contributed by atoms with Crippen molar-refractivity contribution in [3.63, 3.8) is 0 Å². The second kappa shape index (κ2) is 10.8. The summed E-state index contributed by atoms with van der Waals surface area (Å²) in [6.07, 6.45) is 9.60. The second-order valence-corrected chi connectivity index (χ2v) is 7.07. The molecule has 0 spiro atoms. The van der Waals surface area contributed by atoms with Gasteiger partial charge >= 0.3 is 5.97 Å². The first-order valence-electron chi connectivity index (χ1n) is 10.2. The van der Waals surface area contributed by atoms with E-state index in [1.54, 1.807) is 48.7 Å². The van der Waals surface area contributed by atoms with E-state index in [0.717, 1.165) is 31.7 Å². The van der Waals surface area contributed by atoms with Crippen LogP contribution in [0.25, 0.3) is 10.9 Å². The number of benzene rings is 2. The van der Waals surface area contributed by atoms with E-state index in [9.17, 15) is 19.8 Å². The molecule has 7 nitrogen and oxygen atoms in total. The van der Waals surface area contributed by atoms with Crippen LogP contribution in [-0.2, 0) is 0 Å². The van der Waals surface area contributed by atoms with Gasteiger partial charge in [-0.3, -0.25) is 4.79 Å². The van der Waals surface area contributed by atoms with E-state index in [-0.39, 0.29) is 17.0 Å². The van der Waals surface area contributed by atoms with E-state index in [1.165, 1.54) is 0 Å². The van der Waals surface area contributed by atoms with Gasteiger partial charge in [-0.2, -0.15) is 0 Å². The Hall–Kier alpha value is -4.13. The van der Waals surface area contributed by atoms with Gasteiger partial charge in [-0.15, -0.1) is 6.58 Å². The van der Waals surface area contributed by atoms with Gasteiger partial charge in [0.2, 0.25) is 0 Å². The topological polar surface area (TPSA) is 109 Å². The molecule has 0 radical (unpaired) electrons. The fraction of sp³-hybridized carbons (Fsp3) is 0.160. The Labute approximate surface area is 185 Å². The molecule has 0 saturated carbocycles. The van der Waals surface area contributed by atoms with Crippen molar-refractivity contribution in [3.05, 3.63) is 84.8 Å². The number of carboxylic acids is 1. The molecule has 0 fully saturated rings. The molecule has 0 aliphatic carbocycles. The summed E-state index contributed by atoms with van der Waals surface area (Å²) in [5, 5.41) is 22.4. The number of unbranched alkanes of at least 4 members (excludes halogenated alkanes) is 3. The van der Waals surface area contributed by atoms with E-state index in [4.69, 9.17) is 4.74 Å². The number of carbonyl (C=O) groups excluding carboxylic acids is 1. The SMILES string of the molecule is C=CCCCCC=COc1ccc(C(=O)Nc2cccc3c(O)cc(C(=O)O)nc23)cc1. The summed E-state index contributed by atoms with van der Waals surface area (Å²) in [4.78, 5) is 28.0. The van der Waals surface area contributed by atoms with Crippen LogP contribution < -0.4 is 10.1 Å². The molecular weight excluding hydrogens is 408 g/mol. The maximum absolute atomic E-state index is 12.7. The quantitative estimate of drug-likeness (QED) is 0.221. The molecule has 3 rings (SSSR count). The number of rotatable bonds is 10. The minimum Gasteiger partial charge on any atom is -0.507 e. The van der Waals surface area contributed by atoms with Crippen molar-refractivity contribution in [1.29, 1.82) is 0 Å². The summed E-state index contributed by atoms with van der Waals surface area (Å²) in [7, 11) is 0. The van der Waals surface area contributed by atoms with E-state index < -0.39 is 11.9 Å². The summed E-state index contributed by atoms with van der Waals surface area (Å²) < 4.78 is 5.55. The van der Waals surface area contributed by atoms with E-state index in [0.29, 0.717) is 22.4 Å². The molecule has 2 aromatic carbocycles. The third-order valence-corrected chi connectivity index (χ3v) is 4.73. The Morgan fingerprint density at radius 3 is 2.56 bits per heavy atom. The molecule has 0 saturated heterocycles. The van der Waals surface area contributed by atoms with Gasteiger partial charge in [0, 0.05) is 17.0 Å². The zero-order valence-corrected chi connectivity index (χ0v) is 17.5. The number of carbonyl (C=O) groups is 2. The van der Waals surface area contributed by atoms with E-state index in [2.05, 4.69) is 16.9 Å². The summed E-state index contributed by atoms with van der Waals surface area (Å²) in [5.41, 5.74) is 0.565. The number of aromatic nitrogens is 1. The fourth-order valence-corrected chi connectivity index (χ4v) is 3.07. The first kappa shape index (κ1) is 22.6. The number of aromatic hydroxyl groups is 1. The lowest BCUT2D eigenvalue weighted by molar-refractivity contribution is 0.0690. The molecule has 0 atom stereocenters. The molecule has 1 heterocycles. The van der Waals surface area contributed by atoms with Gasteiger partial charge in [0.05, 0.1) is 17.5 Å². The van der Waals surface area contributed by atoms with Gasteiger partial charge < -0.3 is 20.3 Å². The molecule has 0 bridgehead atoms. The third kappa shape index (κ3) is 5.72. The Kier molecular flexibility index (Phi) is 7.59. The summed E-state index contributed by atoms with van der Waals surface area (Å²) in [5.74, 6) is -1.29. The van der Waals surface area contributed by atoms with Crippen LogP contribution in [0.2, 0.25) is 0 Å². The minimum absolute atomic E-state index is 0.191. The van der Waals surface area contributed by atoms with Crippen LogP contribution >= 0.6 is 0 Å². The first-order chi connectivity index (χ1) is 15.5. The molecule has 1 amide bonds. The lowest BCUT2D eigenvalue weighted by Crippen LogP contribution is -2.12. The van der Waals surface area contributed by atoms with Crippen LogP contribution in [-0.4, -0.2) is 27.1 Å². The fourth-order valence-electron chi connectivity index (χ4n) is 3.07. The number of anilines is 1. The smallest absolute Gasteiger partial charge is 0.354 e. The number of nitrogens with zero attached hydrogens (tertiary/aromatic N) is 1. The van der Waals surface area contributed by atoms with Gasteiger partial charge in [-0.1, -0.05) is 12.1 Å². The maximum Gasteiger partial charge on any atom is 0.354 e. The number of hydrogen-bond donors (Lipinski definition) is 3. The van der Waals surface area contributed by atoms with Gasteiger partial charge in [-0.25, -0.2) is 9.78 Å². The lowest BCUT2D eigenvalue weighted by Gasteiger charge is -2.10. The largest absolute Gasteiger partial charge is 0.507 e. The maximum atomic E-state index is 12.7. The van der Waals surface area contributed by atoms with Crippen LogP contribution in [0.4, 0.5) is 5.69 Å². The monoisotopic (exact) mass is 432 g/mol. The normalized spacial score (nSPS) is 10.9. The minimum atomic E-state index is -1.27. The Balaban J connectivity index is 1.67. The average Bonchev–Trinajstić information content (AvgIpc) is 2.79. The Morgan fingerprint density at radius 2 is 1.84 bits per heavy atom. The molecule has 0 unspecified atom stereocenters. The number of para-hydroxylation sites is 1. The zero-order valence-electron chi connectivity index (χ0n) is 17.5. The number of aromatic carboxylic acids is 1. The standard InChI is InChI=1S/C25H24N2O5/c1-2-3-4-5-6-7-15-32-18-13-11-17(12-14-18)24(29)27-20-10-8-9-19-22(28)16-21(25(30)31)26-23(19)20/h2,7-16H,1,3-6H2,(H,26,28)(H,27,29)(H,30,31). The molecule has 7 heteroatoms. The molecular formula is C25H24N2O5. The van der Waals surface area contributed by atoms with Gasteiger partial charge in [0.25, 0.3) is 5.91 Å². The lowest BCUT2D eigenvalue weighted by atomic mass is 10.1. The van der Waals surface area contributed by atoms with Gasteiger partial charge in [0.1, 0.15) is 11.5 Å². The van der Waals surface area contributed by atoms with Gasteiger partial charge in [-0.05, 0) is 68.2 Å². The van der Waals surface area contributed by atoms with Crippen LogP contribution in [0.1, 0.15) is 46.5 Å². The van der Waals surface area contributed by atoms with E-state index >= 15 is 0 Å². The molecule has 3 N–H and O–H groups in total. The van der Waals surface area contributed by atoms with Crippen molar-refractivity contribution in [3.8, 4) is 11.5 Å². The van der Waals surface area contributed by atoms with Crippen molar-refractivity contribution in [2.45, 2.75) is 25.7 Å². The van der Waals surface area contributed by atoms with E-state index in [1.807, 2.05) is 12.2 Å². The highest BCUT2D eigenvalue weighted by atomic mass is 16.5. The predicted octanol–water partition coefficient (Wildman–Crippen LogP) is 5.53. The average molecular weight is 432 g/mol. The highest BCUT2D eigenvalue weighted by molar-refractivity contribution is 6.09. The molecule has 164 valence electrons. The summed E-state index contributed by atoms with van der Waals surface area (Å²) in [6.45, 7) is 3.70. The number of hydrogen-bond acceptors (Lipinski definition) is 5. The first-order valence-corrected chi connectivity index (χ1v) is 10.2.